The van der Waals surface area contributed by atoms with Crippen molar-refractivity contribution < 1.29 is 22.6 Å². The van der Waals surface area contributed by atoms with E-state index in [9.17, 15) is 13.2 Å². The molecule has 3 aromatic carbocycles. The quantitative estimate of drug-likeness (QED) is 0.301. The number of benzene rings is 3. The van der Waals surface area contributed by atoms with Gasteiger partial charge in [-0.05, 0) is 74.3 Å². The van der Waals surface area contributed by atoms with E-state index >= 15 is 0 Å². The molecule has 1 aliphatic carbocycles. The fraction of sp³-hybridized carbons (Fsp3) is 0.333. The molecule has 1 fully saturated rings. The second-order valence-electron chi connectivity index (χ2n) is 8.83. The molecule has 0 aromatic heterocycles. The molecule has 0 radical (unpaired) electrons. The van der Waals surface area contributed by atoms with E-state index in [0.717, 1.165) is 36.8 Å². The first-order valence-electron chi connectivity index (χ1n) is 12.3. The summed E-state index contributed by atoms with van der Waals surface area (Å²) in [7, 11) is 0. The first kappa shape index (κ1) is 25.1. The molecule has 1 saturated carbocycles. The minimum atomic E-state index is -0.821. The lowest BCUT2D eigenvalue weighted by Crippen LogP contribution is -2.21. The Labute approximate surface area is 205 Å². The van der Waals surface area contributed by atoms with Gasteiger partial charge >= 0.3 is 0 Å². The molecule has 0 unspecified atom stereocenters. The largest absolute Gasteiger partial charge is 0.494 e. The van der Waals surface area contributed by atoms with Crippen molar-refractivity contribution in [3.8, 4) is 16.9 Å². The lowest BCUT2D eigenvalue weighted by molar-refractivity contribution is 0.0325. The Morgan fingerprint density at radius 2 is 1.54 bits per heavy atom. The topological polar surface area (TPSA) is 18.5 Å². The van der Waals surface area contributed by atoms with Gasteiger partial charge in [-0.2, -0.15) is 0 Å². The average molecular weight is 481 g/mol. The summed E-state index contributed by atoms with van der Waals surface area (Å²) < 4.78 is 55.2. The van der Waals surface area contributed by atoms with Crippen LogP contribution in [0.15, 0.2) is 54.6 Å². The van der Waals surface area contributed by atoms with Gasteiger partial charge in [-0.25, -0.2) is 13.2 Å². The third-order valence-corrected chi connectivity index (χ3v) is 6.59. The minimum absolute atomic E-state index is 0.0229. The van der Waals surface area contributed by atoms with Crippen molar-refractivity contribution in [2.24, 2.45) is 0 Å². The number of hydrogen-bond acceptors (Lipinski definition) is 2. The predicted molar refractivity (Wildman–Crippen MR) is 135 cm³/mol. The Bertz CT molecular complexity index is 1160. The first-order chi connectivity index (χ1) is 17.0. The predicted octanol–water partition coefficient (Wildman–Crippen LogP) is 8.40. The molecule has 184 valence electrons. The molecular formula is C30H31F3O2. The number of halogens is 3. The molecule has 0 amide bonds. The van der Waals surface area contributed by atoms with Crippen LogP contribution in [0.3, 0.4) is 0 Å². The highest BCUT2D eigenvalue weighted by molar-refractivity contribution is 5.73. The highest BCUT2D eigenvalue weighted by Crippen LogP contribution is 2.36. The molecule has 1 aliphatic rings. The molecular weight excluding hydrogens is 449 g/mol. The zero-order chi connectivity index (χ0) is 24.8. The van der Waals surface area contributed by atoms with Crippen LogP contribution in [0.2, 0.25) is 0 Å². The summed E-state index contributed by atoms with van der Waals surface area (Å²) in [6, 6.07) is 15.4. The highest BCUT2D eigenvalue weighted by Gasteiger charge is 2.26. The molecule has 3 aromatic rings. The van der Waals surface area contributed by atoms with Crippen molar-refractivity contribution in [2.75, 3.05) is 13.2 Å². The van der Waals surface area contributed by atoms with Gasteiger partial charge in [0.15, 0.2) is 11.6 Å². The standard InChI is InChI=1S/C30H31F3O2/c1-3-34-24-14-11-22(12-15-24)27-17-13-23(29(32)30(27)33)10-7-20-5-8-21(9-6-20)26-18-16-25(35-4-2)19-28(26)31/h5-10,13,16-19,22,24H,3-4,11-12,14-15H2,1-2H3/b10-7+. The van der Waals surface area contributed by atoms with Gasteiger partial charge in [-0.15, -0.1) is 0 Å². The smallest absolute Gasteiger partial charge is 0.166 e. The molecule has 0 aliphatic heterocycles. The van der Waals surface area contributed by atoms with Gasteiger partial charge in [0.2, 0.25) is 0 Å². The maximum atomic E-state index is 14.9. The van der Waals surface area contributed by atoms with Gasteiger partial charge in [0.05, 0.1) is 12.7 Å². The van der Waals surface area contributed by atoms with E-state index in [4.69, 9.17) is 9.47 Å². The van der Waals surface area contributed by atoms with Crippen LogP contribution in [0.1, 0.15) is 62.1 Å². The van der Waals surface area contributed by atoms with Gasteiger partial charge < -0.3 is 9.47 Å². The van der Waals surface area contributed by atoms with Gasteiger partial charge in [0, 0.05) is 23.8 Å². The zero-order valence-corrected chi connectivity index (χ0v) is 20.2. The summed E-state index contributed by atoms with van der Waals surface area (Å²) >= 11 is 0. The van der Waals surface area contributed by atoms with Crippen molar-refractivity contribution >= 4 is 12.2 Å². The van der Waals surface area contributed by atoms with Crippen LogP contribution in [0.5, 0.6) is 5.75 Å². The van der Waals surface area contributed by atoms with Crippen LogP contribution in [-0.2, 0) is 4.74 Å². The molecule has 0 N–H and O–H groups in total. The van der Waals surface area contributed by atoms with E-state index in [1.807, 2.05) is 26.0 Å². The second kappa shape index (κ2) is 11.6. The molecule has 4 rings (SSSR count). The van der Waals surface area contributed by atoms with E-state index in [-0.39, 0.29) is 23.4 Å². The molecule has 0 spiro atoms. The van der Waals surface area contributed by atoms with Crippen molar-refractivity contribution in [3.63, 3.8) is 0 Å². The maximum Gasteiger partial charge on any atom is 0.166 e. The van der Waals surface area contributed by atoms with Crippen LogP contribution in [0, 0.1) is 17.5 Å². The van der Waals surface area contributed by atoms with Crippen LogP contribution in [0.25, 0.3) is 23.3 Å². The Kier molecular flexibility index (Phi) is 8.29. The number of rotatable bonds is 8. The van der Waals surface area contributed by atoms with E-state index in [0.29, 0.717) is 30.1 Å². The lowest BCUT2D eigenvalue weighted by atomic mass is 9.82. The van der Waals surface area contributed by atoms with Crippen LogP contribution in [-0.4, -0.2) is 19.3 Å². The minimum Gasteiger partial charge on any atom is -0.494 e. The third-order valence-electron chi connectivity index (χ3n) is 6.59. The summed E-state index contributed by atoms with van der Waals surface area (Å²) in [5.74, 6) is -1.42. The van der Waals surface area contributed by atoms with Gasteiger partial charge in [0.1, 0.15) is 11.6 Å². The molecule has 0 heterocycles. The van der Waals surface area contributed by atoms with E-state index in [1.165, 1.54) is 6.07 Å². The Morgan fingerprint density at radius 1 is 0.800 bits per heavy atom. The lowest BCUT2D eigenvalue weighted by Gasteiger charge is -2.29. The zero-order valence-electron chi connectivity index (χ0n) is 20.2. The van der Waals surface area contributed by atoms with Crippen LogP contribution < -0.4 is 4.74 Å². The van der Waals surface area contributed by atoms with Crippen LogP contribution in [0.4, 0.5) is 13.2 Å². The first-order valence-corrected chi connectivity index (χ1v) is 12.3. The Hall–Kier alpha value is -3.05. The van der Waals surface area contributed by atoms with Gasteiger partial charge in [-0.3, -0.25) is 0 Å². The average Bonchev–Trinajstić information content (AvgIpc) is 2.87. The summed E-state index contributed by atoms with van der Waals surface area (Å²) in [4.78, 5) is 0. The summed E-state index contributed by atoms with van der Waals surface area (Å²) in [6.45, 7) is 4.98. The molecule has 35 heavy (non-hydrogen) atoms. The normalized spacial score (nSPS) is 18.2. The summed E-state index contributed by atoms with van der Waals surface area (Å²) in [6.07, 6.45) is 6.87. The third kappa shape index (κ3) is 5.96. The van der Waals surface area contributed by atoms with E-state index < -0.39 is 11.6 Å². The molecule has 2 nitrogen and oxygen atoms in total. The van der Waals surface area contributed by atoms with Gasteiger partial charge in [-0.1, -0.05) is 48.6 Å². The Morgan fingerprint density at radius 3 is 2.20 bits per heavy atom. The highest BCUT2D eigenvalue weighted by atomic mass is 19.2. The molecule has 0 bridgehead atoms. The number of ether oxygens (including phenoxy) is 2. The van der Waals surface area contributed by atoms with Crippen molar-refractivity contribution in [2.45, 2.75) is 51.6 Å². The summed E-state index contributed by atoms with van der Waals surface area (Å²) in [5, 5.41) is 0. The molecule has 5 heteroatoms. The molecule has 0 saturated heterocycles. The molecule has 0 atom stereocenters. The summed E-state index contributed by atoms with van der Waals surface area (Å²) in [5.41, 5.74) is 2.66. The van der Waals surface area contributed by atoms with Crippen molar-refractivity contribution in [1.82, 2.24) is 0 Å². The maximum absolute atomic E-state index is 14.9. The fourth-order valence-corrected chi connectivity index (χ4v) is 4.75. The van der Waals surface area contributed by atoms with Crippen molar-refractivity contribution in [1.29, 1.82) is 0 Å². The van der Waals surface area contributed by atoms with E-state index in [1.54, 1.807) is 48.6 Å². The monoisotopic (exact) mass is 480 g/mol. The second-order valence-corrected chi connectivity index (χ2v) is 8.83. The number of hydrogen-bond donors (Lipinski definition) is 0. The van der Waals surface area contributed by atoms with Crippen molar-refractivity contribution in [3.05, 3.63) is 88.7 Å². The van der Waals surface area contributed by atoms with E-state index in [2.05, 4.69) is 0 Å². The fourth-order valence-electron chi connectivity index (χ4n) is 4.75. The Balaban J connectivity index is 1.45. The van der Waals surface area contributed by atoms with Crippen LogP contribution >= 0.6 is 0 Å². The SMILES string of the molecule is CCOc1ccc(-c2ccc(/C=C/c3ccc(C4CCC(OCC)CC4)c(F)c3F)cc2)c(F)c1. The van der Waals surface area contributed by atoms with Gasteiger partial charge in [0.25, 0.3) is 0 Å².